The number of rotatable bonds is 4. The summed E-state index contributed by atoms with van der Waals surface area (Å²) in [5.41, 5.74) is 4.28. The molecule has 2 heterocycles. The van der Waals surface area contributed by atoms with Gasteiger partial charge in [0.2, 0.25) is 0 Å². The molecule has 0 unspecified atom stereocenters. The van der Waals surface area contributed by atoms with E-state index < -0.39 is 0 Å². The van der Waals surface area contributed by atoms with Crippen molar-refractivity contribution in [3.8, 4) is 0 Å². The van der Waals surface area contributed by atoms with Crippen LogP contribution >= 0.6 is 0 Å². The summed E-state index contributed by atoms with van der Waals surface area (Å²) in [6.45, 7) is 4.12. The van der Waals surface area contributed by atoms with Crippen LogP contribution in [0.25, 0.3) is 0 Å². The van der Waals surface area contributed by atoms with E-state index >= 15 is 0 Å². The van der Waals surface area contributed by atoms with Gasteiger partial charge >= 0.3 is 0 Å². The average molecular weight is 307 g/mol. The molecule has 0 radical (unpaired) electrons. The van der Waals surface area contributed by atoms with Gasteiger partial charge < -0.3 is 15.1 Å². The monoisotopic (exact) mass is 307 g/mol. The first kappa shape index (κ1) is 14.8. The summed E-state index contributed by atoms with van der Waals surface area (Å²) in [5, 5.41) is 6.00. The molecule has 0 atom stereocenters. The normalized spacial score (nSPS) is 10.3. The van der Waals surface area contributed by atoms with Crippen LogP contribution in [0.3, 0.4) is 0 Å². The number of pyridine rings is 1. The van der Waals surface area contributed by atoms with Gasteiger partial charge in [0, 0.05) is 5.69 Å². The molecule has 0 spiro atoms. The molecular formula is C18H17N3O2. The van der Waals surface area contributed by atoms with Gasteiger partial charge in [0.25, 0.3) is 5.91 Å². The molecule has 3 rings (SSSR count). The molecule has 2 aromatic heterocycles. The van der Waals surface area contributed by atoms with E-state index in [9.17, 15) is 4.79 Å². The minimum Gasteiger partial charge on any atom is -0.459 e. The molecular weight excluding hydrogens is 290 g/mol. The van der Waals surface area contributed by atoms with Crippen LogP contribution < -0.4 is 10.6 Å². The van der Waals surface area contributed by atoms with Gasteiger partial charge in [-0.25, -0.2) is 4.98 Å². The van der Waals surface area contributed by atoms with Crippen molar-refractivity contribution in [1.29, 1.82) is 0 Å². The fourth-order valence-corrected chi connectivity index (χ4v) is 2.24. The maximum absolute atomic E-state index is 11.9. The predicted molar refractivity (Wildman–Crippen MR) is 90.1 cm³/mol. The summed E-state index contributed by atoms with van der Waals surface area (Å²) in [6.07, 6.45) is 3.14. The van der Waals surface area contributed by atoms with Gasteiger partial charge in [-0.3, -0.25) is 4.79 Å². The third kappa shape index (κ3) is 3.58. The number of nitrogens with one attached hydrogen (secondary N) is 2. The summed E-state index contributed by atoms with van der Waals surface area (Å²) in [5.74, 6) is 0.402. The van der Waals surface area contributed by atoms with Crippen molar-refractivity contribution in [1.82, 2.24) is 4.98 Å². The molecule has 23 heavy (non-hydrogen) atoms. The minimum atomic E-state index is -0.322. The fraction of sp³-hybridized carbons (Fsp3) is 0.111. The first-order valence-corrected chi connectivity index (χ1v) is 7.27. The Morgan fingerprint density at radius 1 is 1.13 bits per heavy atom. The van der Waals surface area contributed by atoms with E-state index in [2.05, 4.69) is 41.6 Å². The summed E-state index contributed by atoms with van der Waals surface area (Å²) < 4.78 is 5.04. The lowest BCUT2D eigenvalue weighted by molar-refractivity contribution is 0.0996. The van der Waals surface area contributed by atoms with Crippen LogP contribution in [0.15, 0.2) is 59.3 Å². The van der Waals surface area contributed by atoms with Crippen molar-refractivity contribution >= 4 is 23.1 Å². The van der Waals surface area contributed by atoms with E-state index in [0.29, 0.717) is 5.82 Å². The number of carbonyl (C=O) groups is 1. The van der Waals surface area contributed by atoms with Crippen LogP contribution in [0.5, 0.6) is 0 Å². The Kier molecular flexibility index (Phi) is 4.10. The molecule has 2 N–H and O–H groups in total. The van der Waals surface area contributed by atoms with Crippen LogP contribution in [0.2, 0.25) is 0 Å². The molecule has 1 amide bonds. The predicted octanol–water partition coefficient (Wildman–Crippen LogP) is 4.29. The lowest BCUT2D eigenvalue weighted by atomic mass is 10.1. The average Bonchev–Trinajstić information content (AvgIpc) is 3.06. The van der Waals surface area contributed by atoms with Gasteiger partial charge in [-0.15, -0.1) is 0 Å². The Balaban J connectivity index is 1.68. The third-order valence-corrected chi connectivity index (χ3v) is 3.41. The quantitative estimate of drug-likeness (QED) is 0.754. The van der Waals surface area contributed by atoms with E-state index in [1.54, 1.807) is 24.4 Å². The number of aromatic nitrogens is 1. The van der Waals surface area contributed by atoms with Crippen molar-refractivity contribution in [2.24, 2.45) is 0 Å². The highest BCUT2D eigenvalue weighted by atomic mass is 16.3. The Morgan fingerprint density at radius 2 is 2.00 bits per heavy atom. The number of furan rings is 1. The molecule has 0 bridgehead atoms. The van der Waals surface area contributed by atoms with Crippen molar-refractivity contribution in [3.05, 3.63) is 71.8 Å². The highest BCUT2D eigenvalue weighted by molar-refractivity contribution is 6.01. The number of hydrogen-bond acceptors (Lipinski definition) is 4. The number of nitrogens with zero attached hydrogens (tertiary/aromatic N) is 1. The van der Waals surface area contributed by atoms with Crippen molar-refractivity contribution in [2.75, 3.05) is 10.6 Å². The summed E-state index contributed by atoms with van der Waals surface area (Å²) in [4.78, 5) is 16.1. The van der Waals surface area contributed by atoms with Gasteiger partial charge in [-0.1, -0.05) is 17.7 Å². The van der Waals surface area contributed by atoms with Crippen molar-refractivity contribution in [2.45, 2.75) is 13.8 Å². The minimum absolute atomic E-state index is 0.254. The third-order valence-electron chi connectivity index (χ3n) is 3.41. The zero-order valence-electron chi connectivity index (χ0n) is 13.0. The van der Waals surface area contributed by atoms with Gasteiger partial charge in [0.05, 0.1) is 18.1 Å². The lowest BCUT2D eigenvalue weighted by Crippen LogP contribution is -2.11. The Hall–Kier alpha value is -3.08. The molecule has 0 aliphatic carbocycles. The highest BCUT2D eigenvalue weighted by Crippen LogP contribution is 2.21. The SMILES string of the molecule is Cc1ccc(Nc2ccc(NC(=O)c3ccco3)nc2)c(C)c1. The molecule has 0 saturated heterocycles. The Morgan fingerprint density at radius 3 is 2.65 bits per heavy atom. The Bertz CT molecular complexity index is 809. The maximum Gasteiger partial charge on any atom is 0.292 e. The zero-order valence-corrected chi connectivity index (χ0v) is 13.0. The summed E-state index contributed by atoms with van der Waals surface area (Å²) in [6, 6.07) is 13.1. The smallest absolute Gasteiger partial charge is 0.292 e. The second kappa shape index (κ2) is 6.36. The number of anilines is 3. The van der Waals surface area contributed by atoms with E-state index in [0.717, 1.165) is 11.4 Å². The topological polar surface area (TPSA) is 67.2 Å². The van der Waals surface area contributed by atoms with Gasteiger partial charge in [-0.2, -0.15) is 0 Å². The van der Waals surface area contributed by atoms with Crippen LogP contribution in [0.4, 0.5) is 17.2 Å². The van der Waals surface area contributed by atoms with Crippen molar-refractivity contribution in [3.63, 3.8) is 0 Å². The number of benzene rings is 1. The molecule has 5 nitrogen and oxygen atoms in total. The number of aryl methyl sites for hydroxylation is 2. The van der Waals surface area contributed by atoms with Crippen molar-refractivity contribution < 1.29 is 9.21 Å². The second-order valence-corrected chi connectivity index (χ2v) is 5.31. The maximum atomic E-state index is 11.9. The van der Waals surface area contributed by atoms with Crippen LogP contribution in [0.1, 0.15) is 21.7 Å². The second-order valence-electron chi connectivity index (χ2n) is 5.31. The molecule has 0 fully saturated rings. The first-order chi connectivity index (χ1) is 11.1. The number of carbonyl (C=O) groups excluding carboxylic acids is 1. The Labute approximate surface area is 134 Å². The van der Waals surface area contributed by atoms with Gasteiger partial charge in [-0.05, 0) is 49.7 Å². The highest BCUT2D eigenvalue weighted by Gasteiger charge is 2.09. The van der Waals surface area contributed by atoms with E-state index in [-0.39, 0.29) is 11.7 Å². The van der Waals surface area contributed by atoms with E-state index in [1.165, 1.54) is 17.4 Å². The molecule has 116 valence electrons. The lowest BCUT2D eigenvalue weighted by Gasteiger charge is -2.10. The molecule has 0 aliphatic heterocycles. The fourth-order valence-electron chi connectivity index (χ4n) is 2.24. The van der Waals surface area contributed by atoms with E-state index in [1.807, 2.05) is 12.1 Å². The first-order valence-electron chi connectivity index (χ1n) is 7.27. The molecule has 0 saturated carbocycles. The van der Waals surface area contributed by atoms with Crippen LogP contribution in [-0.4, -0.2) is 10.9 Å². The molecule has 5 heteroatoms. The molecule has 3 aromatic rings. The van der Waals surface area contributed by atoms with Gasteiger partial charge in [0.15, 0.2) is 5.76 Å². The largest absolute Gasteiger partial charge is 0.459 e. The zero-order chi connectivity index (χ0) is 16.2. The van der Waals surface area contributed by atoms with E-state index in [4.69, 9.17) is 4.42 Å². The standard InChI is InChI=1S/C18H17N3O2/c1-12-5-7-15(13(2)10-12)20-14-6-8-17(19-11-14)21-18(22)16-4-3-9-23-16/h3-11,20H,1-2H3,(H,19,21,22). The van der Waals surface area contributed by atoms with Crippen LogP contribution in [0, 0.1) is 13.8 Å². The number of amides is 1. The molecule has 0 aliphatic rings. The number of hydrogen-bond donors (Lipinski definition) is 2. The van der Waals surface area contributed by atoms with Crippen LogP contribution in [-0.2, 0) is 0 Å². The molecule has 1 aromatic carbocycles. The summed E-state index contributed by atoms with van der Waals surface area (Å²) >= 11 is 0. The summed E-state index contributed by atoms with van der Waals surface area (Å²) in [7, 11) is 0. The van der Waals surface area contributed by atoms with Gasteiger partial charge in [0.1, 0.15) is 5.82 Å².